The molecule has 16 heavy (non-hydrogen) atoms. The standard InChI is InChI=1S/C12H24N2O2/c1-2-3-8-14-12(15)16-10-7-11-6-4-5-9-13-11/h11,13H,2-10H2,1H3,(H,14,15). The highest BCUT2D eigenvalue weighted by Crippen LogP contribution is 2.09. The number of hydrogen-bond acceptors (Lipinski definition) is 3. The molecule has 0 aromatic heterocycles. The fourth-order valence-corrected chi connectivity index (χ4v) is 1.88. The van der Waals surface area contributed by atoms with Crippen LogP contribution in [0.25, 0.3) is 0 Å². The molecule has 0 radical (unpaired) electrons. The van der Waals surface area contributed by atoms with Gasteiger partial charge in [0.25, 0.3) is 0 Å². The minimum atomic E-state index is -0.274. The molecule has 0 spiro atoms. The van der Waals surface area contributed by atoms with Crippen LogP contribution in [-0.2, 0) is 4.74 Å². The smallest absolute Gasteiger partial charge is 0.407 e. The average molecular weight is 228 g/mol. The van der Waals surface area contributed by atoms with Crippen molar-refractivity contribution in [2.24, 2.45) is 0 Å². The number of hydrogen-bond donors (Lipinski definition) is 2. The average Bonchev–Trinajstić information content (AvgIpc) is 2.31. The Hall–Kier alpha value is -0.770. The largest absolute Gasteiger partial charge is 0.450 e. The van der Waals surface area contributed by atoms with E-state index in [1.165, 1.54) is 19.3 Å². The summed E-state index contributed by atoms with van der Waals surface area (Å²) in [5.41, 5.74) is 0. The lowest BCUT2D eigenvalue weighted by Gasteiger charge is -2.23. The normalized spacial score (nSPS) is 20.4. The molecule has 0 aliphatic carbocycles. The van der Waals surface area contributed by atoms with Gasteiger partial charge in [-0.2, -0.15) is 0 Å². The lowest BCUT2D eigenvalue weighted by atomic mass is 10.0. The maximum absolute atomic E-state index is 11.2. The molecule has 1 aliphatic rings. The van der Waals surface area contributed by atoms with Gasteiger partial charge in [-0.25, -0.2) is 4.79 Å². The van der Waals surface area contributed by atoms with E-state index in [0.29, 0.717) is 12.6 Å². The van der Waals surface area contributed by atoms with Crippen LogP contribution in [0.3, 0.4) is 0 Å². The van der Waals surface area contributed by atoms with Crippen LogP contribution in [0, 0.1) is 0 Å². The van der Waals surface area contributed by atoms with Crippen molar-refractivity contribution < 1.29 is 9.53 Å². The molecule has 1 amide bonds. The molecule has 0 bridgehead atoms. The molecule has 0 aromatic carbocycles. The highest BCUT2D eigenvalue weighted by Gasteiger charge is 2.12. The molecule has 4 heteroatoms. The fraction of sp³-hybridized carbons (Fsp3) is 0.917. The van der Waals surface area contributed by atoms with Crippen molar-refractivity contribution in [3.63, 3.8) is 0 Å². The van der Waals surface area contributed by atoms with Gasteiger partial charge in [-0.05, 0) is 32.2 Å². The maximum atomic E-state index is 11.2. The van der Waals surface area contributed by atoms with Gasteiger partial charge in [0, 0.05) is 12.6 Å². The Kier molecular flexibility index (Phi) is 6.97. The van der Waals surface area contributed by atoms with Gasteiger partial charge in [0.2, 0.25) is 0 Å². The molecule has 2 N–H and O–H groups in total. The van der Waals surface area contributed by atoms with Crippen molar-refractivity contribution in [1.82, 2.24) is 10.6 Å². The van der Waals surface area contributed by atoms with E-state index in [0.717, 1.165) is 32.4 Å². The number of carbonyl (C=O) groups excluding carboxylic acids is 1. The van der Waals surface area contributed by atoms with Crippen molar-refractivity contribution in [2.45, 2.75) is 51.5 Å². The second kappa shape index (κ2) is 8.39. The Morgan fingerprint density at radius 3 is 3.06 bits per heavy atom. The second-order valence-electron chi connectivity index (χ2n) is 4.35. The number of rotatable bonds is 6. The number of amides is 1. The Morgan fingerprint density at radius 2 is 2.38 bits per heavy atom. The van der Waals surface area contributed by atoms with Crippen LogP contribution in [0.4, 0.5) is 4.79 Å². The first-order valence-corrected chi connectivity index (χ1v) is 6.47. The fourth-order valence-electron chi connectivity index (χ4n) is 1.88. The Labute approximate surface area is 98.1 Å². The van der Waals surface area contributed by atoms with E-state index in [1.54, 1.807) is 0 Å². The van der Waals surface area contributed by atoms with Gasteiger partial charge in [0.05, 0.1) is 6.61 Å². The summed E-state index contributed by atoms with van der Waals surface area (Å²) >= 11 is 0. The zero-order valence-corrected chi connectivity index (χ0v) is 10.3. The molecule has 0 aromatic rings. The first-order chi connectivity index (χ1) is 7.83. The van der Waals surface area contributed by atoms with Crippen molar-refractivity contribution in [2.75, 3.05) is 19.7 Å². The molecule has 1 saturated heterocycles. The predicted molar refractivity (Wildman–Crippen MR) is 64.5 cm³/mol. The summed E-state index contributed by atoms with van der Waals surface area (Å²) in [5, 5.41) is 6.17. The number of piperidine rings is 1. The van der Waals surface area contributed by atoms with Crippen LogP contribution in [0.15, 0.2) is 0 Å². The number of nitrogens with one attached hydrogen (secondary N) is 2. The first-order valence-electron chi connectivity index (χ1n) is 6.47. The van der Waals surface area contributed by atoms with Gasteiger partial charge in [0.1, 0.15) is 0 Å². The number of alkyl carbamates (subject to hydrolysis) is 1. The highest BCUT2D eigenvalue weighted by molar-refractivity contribution is 5.66. The van der Waals surface area contributed by atoms with Gasteiger partial charge in [-0.1, -0.05) is 19.8 Å². The van der Waals surface area contributed by atoms with Crippen LogP contribution in [0.1, 0.15) is 45.4 Å². The number of carbonyl (C=O) groups is 1. The summed E-state index contributed by atoms with van der Waals surface area (Å²) in [7, 11) is 0. The molecule has 4 nitrogen and oxygen atoms in total. The minimum absolute atomic E-state index is 0.274. The highest BCUT2D eigenvalue weighted by atomic mass is 16.5. The van der Waals surface area contributed by atoms with Gasteiger partial charge in [0.15, 0.2) is 0 Å². The Bertz CT molecular complexity index is 191. The van der Waals surface area contributed by atoms with Crippen LogP contribution in [0.2, 0.25) is 0 Å². The van der Waals surface area contributed by atoms with E-state index in [9.17, 15) is 4.79 Å². The molecule has 1 aliphatic heterocycles. The van der Waals surface area contributed by atoms with Crippen molar-refractivity contribution in [3.8, 4) is 0 Å². The van der Waals surface area contributed by atoms with Crippen LogP contribution in [-0.4, -0.2) is 31.8 Å². The summed E-state index contributed by atoms with van der Waals surface area (Å²) in [6, 6.07) is 0.539. The quantitative estimate of drug-likeness (QED) is 0.684. The van der Waals surface area contributed by atoms with Crippen molar-refractivity contribution in [1.29, 1.82) is 0 Å². The third-order valence-electron chi connectivity index (χ3n) is 2.91. The third kappa shape index (κ3) is 5.95. The zero-order chi connectivity index (χ0) is 11.6. The van der Waals surface area contributed by atoms with E-state index in [2.05, 4.69) is 17.6 Å². The molecule has 1 fully saturated rings. The Morgan fingerprint density at radius 1 is 1.50 bits per heavy atom. The van der Waals surface area contributed by atoms with E-state index < -0.39 is 0 Å². The molecule has 1 unspecified atom stereocenters. The van der Waals surface area contributed by atoms with Gasteiger partial charge >= 0.3 is 6.09 Å². The van der Waals surface area contributed by atoms with Crippen LogP contribution in [0.5, 0.6) is 0 Å². The summed E-state index contributed by atoms with van der Waals surface area (Å²) < 4.78 is 5.10. The SMILES string of the molecule is CCCCNC(=O)OCCC1CCCCN1. The number of ether oxygens (including phenoxy) is 1. The Balaban J connectivity index is 1.94. The molecular formula is C12H24N2O2. The van der Waals surface area contributed by atoms with Crippen molar-refractivity contribution >= 4 is 6.09 Å². The molecule has 94 valence electrons. The van der Waals surface area contributed by atoms with Gasteiger partial charge in [-0.15, -0.1) is 0 Å². The lowest BCUT2D eigenvalue weighted by Crippen LogP contribution is -2.35. The molecule has 0 saturated carbocycles. The minimum Gasteiger partial charge on any atom is -0.450 e. The molecule has 1 heterocycles. The van der Waals surface area contributed by atoms with E-state index in [1.807, 2.05) is 0 Å². The van der Waals surface area contributed by atoms with Crippen LogP contribution >= 0.6 is 0 Å². The zero-order valence-electron chi connectivity index (χ0n) is 10.3. The summed E-state index contributed by atoms with van der Waals surface area (Å²) in [6.45, 7) is 4.45. The maximum Gasteiger partial charge on any atom is 0.407 e. The summed E-state index contributed by atoms with van der Waals surface area (Å²) in [4.78, 5) is 11.2. The van der Waals surface area contributed by atoms with Crippen molar-refractivity contribution in [3.05, 3.63) is 0 Å². The molecule has 1 atom stereocenters. The third-order valence-corrected chi connectivity index (χ3v) is 2.91. The van der Waals surface area contributed by atoms with E-state index >= 15 is 0 Å². The first kappa shape index (κ1) is 13.3. The lowest BCUT2D eigenvalue weighted by molar-refractivity contribution is 0.138. The van der Waals surface area contributed by atoms with Gasteiger partial charge in [-0.3, -0.25) is 0 Å². The topological polar surface area (TPSA) is 50.4 Å². The predicted octanol–water partition coefficient (Wildman–Crippen LogP) is 2.04. The second-order valence-corrected chi connectivity index (χ2v) is 4.35. The van der Waals surface area contributed by atoms with E-state index in [4.69, 9.17) is 4.74 Å². The summed E-state index contributed by atoms with van der Waals surface area (Å²) in [5.74, 6) is 0. The molecular weight excluding hydrogens is 204 g/mol. The van der Waals surface area contributed by atoms with Crippen LogP contribution < -0.4 is 10.6 Å². The monoisotopic (exact) mass is 228 g/mol. The van der Waals surface area contributed by atoms with E-state index in [-0.39, 0.29) is 6.09 Å². The molecule has 1 rings (SSSR count). The summed E-state index contributed by atoms with van der Waals surface area (Å²) in [6.07, 6.45) is 6.53. The van der Waals surface area contributed by atoms with Gasteiger partial charge < -0.3 is 15.4 Å². The number of unbranched alkanes of at least 4 members (excludes halogenated alkanes) is 1.